The van der Waals surface area contributed by atoms with E-state index in [-0.39, 0.29) is 28.2 Å². The molecule has 7 nitrogen and oxygen atoms in total. The number of halogens is 1. The number of hydrogen-bond donors (Lipinski definition) is 1. The van der Waals surface area contributed by atoms with E-state index in [0.717, 1.165) is 43.0 Å². The molecule has 7 rings (SSSR count). The maximum absolute atomic E-state index is 12.1. The predicted molar refractivity (Wildman–Crippen MR) is 105 cm³/mol. The molecule has 1 aromatic carbocycles. The van der Waals surface area contributed by atoms with Crippen molar-refractivity contribution in [1.29, 1.82) is 0 Å². The van der Waals surface area contributed by atoms with Gasteiger partial charge in [0.1, 0.15) is 12.7 Å². The van der Waals surface area contributed by atoms with Gasteiger partial charge in [-0.25, -0.2) is 9.47 Å². The van der Waals surface area contributed by atoms with Gasteiger partial charge in [0.15, 0.2) is 0 Å². The number of aliphatic hydroxyl groups is 1. The number of nitro benzene ring substituents is 1. The molecule has 4 fully saturated rings. The largest absolute Gasteiger partial charge is 1.00 e. The molecule has 0 amide bonds. The summed E-state index contributed by atoms with van der Waals surface area (Å²) in [6.45, 7) is 0.385. The lowest BCUT2D eigenvalue weighted by molar-refractivity contribution is -0.685. The SMILES string of the molecule is O=[N+]([O-])c1ccc([C@]2(O)C[n+]3cccnc3N2C23CC4CC(CC(C4)C2)C3)cc1.[Br-]. The third-order valence-electron chi connectivity index (χ3n) is 7.78. The van der Waals surface area contributed by atoms with Crippen LogP contribution >= 0.6 is 0 Å². The normalized spacial score (nSPS) is 35.8. The van der Waals surface area contributed by atoms with Gasteiger partial charge in [-0.15, -0.1) is 0 Å². The van der Waals surface area contributed by atoms with E-state index >= 15 is 0 Å². The molecular formula is C22H25BrN4O3. The maximum atomic E-state index is 12.1. The second-order valence-electron chi connectivity index (χ2n) is 9.65. The molecular weight excluding hydrogens is 448 g/mol. The van der Waals surface area contributed by atoms with Crippen LogP contribution in [0.1, 0.15) is 44.1 Å². The highest BCUT2D eigenvalue weighted by Gasteiger charge is 2.65. The summed E-state index contributed by atoms with van der Waals surface area (Å²) >= 11 is 0. The molecule has 1 aliphatic heterocycles. The average molecular weight is 473 g/mol. The molecule has 4 bridgehead atoms. The first-order valence-corrected chi connectivity index (χ1v) is 10.6. The third kappa shape index (κ3) is 2.73. The van der Waals surface area contributed by atoms with Gasteiger partial charge in [0, 0.05) is 23.8 Å². The van der Waals surface area contributed by atoms with E-state index in [4.69, 9.17) is 0 Å². The Morgan fingerprint density at radius 2 is 1.70 bits per heavy atom. The highest BCUT2D eigenvalue weighted by molar-refractivity contribution is 5.46. The molecule has 2 aromatic rings. The van der Waals surface area contributed by atoms with E-state index in [2.05, 4.69) is 9.88 Å². The van der Waals surface area contributed by atoms with Crippen molar-refractivity contribution in [3.05, 3.63) is 58.4 Å². The Balaban J connectivity index is 0.00000193. The zero-order valence-electron chi connectivity index (χ0n) is 16.7. The molecule has 5 aliphatic rings. The number of nitrogens with zero attached hydrogens (tertiary/aromatic N) is 4. The molecule has 0 spiro atoms. The molecule has 4 saturated carbocycles. The van der Waals surface area contributed by atoms with Crippen LogP contribution in [0.5, 0.6) is 0 Å². The number of benzene rings is 1. The molecule has 1 N–H and O–H groups in total. The van der Waals surface area contributed by atoms with Crippen molar-refractivity contribution in [2.45, 2.75) is 56.3 Å². The maximum Gasteiger partial charge on any atom is 0.397 e. The Labute approximate surface area is 185 Å². The van der Waals surface area contributed by atoms with E-state index < -0.39 is 10.6 Å². The van der Waals surface area contributed by atoms with Gasteiger partial charge >= 0.3 is 5.95 Å². The molecule has 1 atom stereocenters. The fourth-order valence-electron chi connectivity index (χ4n) is 7.19. The number of rotatable bonds is 3. The molecule has 158 valence electrons. The minimum atomic E-state index is -1.25. The van der Waals surface area contributed by atoms with Gasteiger partial charge in [-0.3, -0.25) is 10.1 Å². The first-order chi connectivity index (χ1) is 14.0. The summed E-state index contributed by atoms with van der Waals surface area (Å²) in [6, 6.07) is 8.29. The van der Waals surface area contributed by atoms with Crippen LogP contribution in [-0.2, 0) is 12.3 Å². The number of hydrogen-bond acceptors (Lipinski definition) is 5. The molecule has 0 unspecified atom stereocenters. The number of nitro groups is 1. The van der Waals surface area contributed by atoms with Gasteiger partial charge in [0.25, 0.3) is 5.69 Å². The van der Waals surface area contributed by atoms with Crippen LogP contribution in [-0.4, -0.2) is 20.6 Å². The Morgan fingerprint density at radius 1 is 1.10 bits per heavy atom. The van der Waals surface area contributed by atoms with Crippen molar-refractivity contribution in [2.75, 3.05) is 4.90 Å². The molecule has 8 heteroatoms. The first kappa shape index (κ1) is 19.9. The Hall–Kier alpha value is -2.06. The molecule has 2 heterocycles. The van der Waals surface area contributed by atoms with Crippen molar-refractivity contribution in [2.24, 2.45) is 17.8 Å². The summed E-state index contributed by atoms with van der Waals surface area (Å²) in [6.07, 6.45) is 11.0. The van der Waals surface area contributed by atoms with Gasteiger partial charge in [-0.05, 0) is 68.4 Å². The van der Waals surface area contributed by atoms with E-state index in [0.29, 0.717) is 12.1 Å². The topological polar surface area (TPSA) is 83.4 Å². The van der Waals surface area contributed by atoms with Crippen LogP contribution in [0.2, 0.25) is 0 Å². The lowest BCUT2D eigenvalue weighted by Gasteiger charge is -2.59. The van der Waals surface area contributed by atoms with E-state index in [1.54, 1.807) is 18.3 Å². The van der Waals surface area contributed by atoms with Gasteiger partial charge in [0.2, 0.25) is 5.72 Å². The lowest BCUT2D eigenvalue weighted by atomic mass is 9.52. The summed E-state index contributed by atoms with van der Waals surface area (Å²) < 4.78 is 2.03. The number of anilines is 1. The van der Waals surface area contributed by atoms with Gasteiger partial charge in [-0.1, -0.05) is 4.98 Å². The van der Waals surface area contributed by atoms with Gasteiger partial charge < -0.3 is 22.1 Å². The van der Waals surface area contributed by atoms with Crippen molar-refractivity contribution < 1.29 is 31.6 Å². The molecule has 30 heavy (non-hydrogen) atoms. The van der Waals surface area contributed by atoms with Crippen LogP contribution in [0, 0.1) is 27.9 Å². The highest BCUT2D eigenvalue weighted by Crippen LogP contribution is 2.60. The quantitative estimate of drug-likeness (QED) is 0.383. The highest BCUT2D eigenvalue weighted by atomic mass is 79.9. The number of aromatic nitrogens is 2. The zero-order chi connectivity index (χ0) is 19.8. The van der Waals surface area contributed by atoms with Gasteiger partial charge in [0.05, 0.1) is 16.7 Å². The van der Waals surface area contributed by atoms with Crippen LogP contribution < -0.4 is 26.4 Å². The first-order valence-electron chi connectivity index (χ1n) is 10.6. The molecule has 1 aromatic heterocycles. The third-order valence-corrected chi connectivity index (χ3v) is 7.78. The number of non-ortho nitro benzene ring substituents is 1. The fraction of sp³-hybridized carbons (Fsp3) is 0.545. The fourth-order valence-corrected chi connectivity index (χ4v) is 7.19. The summed E-state index contributed by atoms with van der Waals surface area (Å²) in [5.41, 5.74) is -0.593. The lowest BCUT2D eigenvalue weighted by Crippen LogP contribution is -3.00. The molecule has 0 saturated heterocycles. The second kappa shape index (κ2) is 6.72. The Morgan fingerprint density at radius 3 is 2.27 bits per heavy atom. The molecule has 4 aliphatic carbocycles. The van der Waals surface area contributed by atoms with E-state index in [1.165, 1.54) is 31.4 Å². The predicted octanol–water partition coefficient (Wildman–Crippen LogP) is -0.0846. The zero-order valence-corrected chi connectivity index (χ0v) is 18.2. The summed E-state index contributed by atoms with van der Waals surface area (Å²) in [5, 5.41) is 23.2. The average Bonchev–Trinajstić information content (AvgIpc) is 3.01. The van der Waals surface area contributed by atoms with E-state index in [9.17, 15) is 15.2 Å². The van der Waals surface area contributed by atoms with Gasteiger partial charge in [-0.2, -0.15) is 0 Å². The smallest absolute Gasteiger partial charge is 0.397 e. The number of fused-ring (bicyclic) bond motifs is 1. The summed E-state index contributed by atoms with van der Waals surface area (Å²) in [5.74, 6) is 3.02. The van der Waals surface area contributed by atoms with Crippen LogP contribution in [0.25, 0.3) is 0 Å². The molecule has 0 radical (unpaired) electrons. The Kier molecular flexibility index (Phi) is 4.45. The van der Waals surface area contributed by atoms with E-state index in [1.807, 2.05) is 16.8 Å². The summed E-state index contributed by atoms with van der Waals surface area (Å²) in [4.78, 5) is 17.6. The van der Waals surface area contributed by atoms with Crippen LogP contribution in [0.15, 0.2) is 42.7 Å². The minimum Gasteiger partial charge on any atom is -1.00 e. The second-order valence-corrected chi connectivity index (χ2v) is 9.65. The monoisotopic (exact) mass is 472 g/mol. The van der Waals surface area contributed by atoms with Crippen molar-refractivity contribution in [3.8, 4) is 0 Å². The Bertz CT molecular complexity index is 963. The van der Waals surface area contributed by atoms with Crippen LogP contribution in [0.3, 0.4) is 0 Å². The summed E-state index contributed by atoms with van der Waals surface area (Å²) in [7, 11) is 0. The standard InChI is InChI=1S/C22H25N4O3.BrH/c27-22(18-2-4-19(5-3-18)26(28)29)14-24-7-1-6-23-20(24)25(22)21-11-15-8-16(12-21)10-17(9-15)13-21;/h1-7,15-17,27H,8-14H2;1H/q+1;/p-1/t15?,16?,17?,21?,22-;/m1./s1. The minimum absolute atomic E-state index is 0. The van der Waals surface area contributed by atoms with Crippen molar-refractivity contribution >= 4 is 11.6 Å². The van der Waals surface area contributed by atoms with Crippen LogP contribution in [0.4, 0.5) is 11.6 Å². The van der Waals surface area contributed by atoms with Crippen molar-refractivity contribution in [3.63, 3.8) is 0 Å². The van der Waals surface area contributed by atoms with Crippen molar-refractivity contribution in [1.82, 2.24) is 4.98 Å².